The van der Waals surface area contributed by atoms with Crippen LogP contribution in [0.25, 0.3) is 0 Å². The minimum Gasteiger partial charge on any atom is -0.393 e. The molecule has 0 aliphatic rings. The lowest BCUT2D eigenvalue weighted by molar-refractivity contribution is 0.603. The van der Waals surface area contributed by atoms with Crippen molar-refractivity contribution in [3.05, 3.63) is 71.0 Å². The summed E-state index contributed by atoms with van der Waals surface area (Å²) < 4.78 is 27.0. The van der Waals surface area contributed by atoms with Crippen LogP contribution in [0.1, 0.15) is 5.56 Å². The van der Waals surface area contributed by atoms with Crippen LogP contribution >= 0.6 is 11.6 Å². The largest absolute Gasteiger partial charge is 0.393 e. The first-order valence-electron chi connectivity index (χ1n) is 7.34. The van der Waals surface area contributed by atoms with E-state index in [0.717, 1.165) is 23.8 Å². The third-order valence-corrected chi connectivity index (χ3v) is 3.84. The van der Waals surface area contributed by atoms with E-state index in [1.54, 1.807) is 6.07 Å². The fraction of sp³-hybridized carbons (Fsp3) is 0.0588. The Morgan fingerprint density at radius 2 is 1.80 bits per heavy atom. The molecule has 3 rings (SSSR count). The third kappa shape index (κ3) is 3.95. The summed E-state index contributed by atoms with van der Waals surface area (Å²) in [6.07, 6.45) is 1.27. The highest BCUT2D eigenvalue weighted by atomic mass is 35.5. The first kappa shape index (κ1) is 16.9. The first-order chi connectivity index (χ1) is 12.0. The predicted molar refractivity (Wildman–Crippen MR) is 94.9 cm³/mol. The van der Waals surface area contributed by atoms with Gasteiger partial charge in [-0.3, -0.25) is 0 Å². The molecule has 0 spiro atoms. The van der Waals surface area contributed by atoms with Gasteiger partial charge < -0.3 is 16.4 Å². The molecule has 1 heterocycles. The molecule has 0 aliphatic heterocycles. The van der Waals surface area contributed by atoms with E-state index < -0.39 is 11.6 Å². The summed E-state index contributed by atoms with van der Waals surface area (Å²) in [6, 6.07) is 10.4. The molecule has 0 aliphatic carbocycles. The van der Waals surface area contributed by atoms with E-state index in [4.69, 9.17) is 17.3 Å². The zero-order valence-corrected chi connectivity index (χ0v) is 13.7. The van der Waals surface area contributed by atoms with Gasteiger partial charge in [0.1, 0.15) is 23.6 Å². The molecule has 3 aromatic rings. The van der Waals surface area contributed by atoms with E-state index >= 15 is 0 Å². The molecule has 0 radical (unpaired) electrons. The van der Waals surface area contributed by atoms with Gasteiger partial charge >= 0.3 is 0 Å². The van der Waals surface area contributed by atoms with Crippen LogP contribution in [0, 0.1) is 11.6 Å². The summed E-state index contributed by atoms with van der Waals surface area (Å²) in [7, 11) is 0. The molecule has 25 heavy (non-hydrogen) atoms. The number of anilines is 4. The highest BCUT2D eigenvalue weighted by Gasteiger charge is 2.11. The molecule has 0 saturated heterocycles. The zero-order valence-electron chi connectivity index (χ0n) is 12.9. The van der Waals surface area contributed by atoms with E-state index in [0.29, 0.717) is 17.4 Å². The van der Waals surface area contributed by atoms with Gasteiger partial charge in [0.2, 0.25) is 0 Å². The number of rotatable bonds is 5. The molecule has 0 atom stereocenters. The SMILES string of the molecule is Nc1c(NCc2ccccc2Cl)ncnc1Nc1cc(F)ccc1F. The minimum absolute atomic E-state index is 0.0672. The second-order valence-corrected chi connectivity index (χ2v) is 5.59. The molecule has 4 N–H and O–H groups in total. The molecular formula is C17H14ClF2N5. The average molecular weight is 362 g/mol. The van der Waals surface area contributed by atoms with Crippen LogP contribution in [-0.2, 0) is 6.54 Å². The molecular weight excluding hydrogens is 348 g/mol. The van der Waals surface area contributed by atoms with Gasteiger partial charge in [-0.05, 0) is 23.8 Å². The predicted octanol–water partition coefficient (Wildman–Crippen LogP) is 4.35. The second kappa shape index (κ2) is 7.31. The van der Waals surface area contributed by atoms with Crippen LogP contribution in [0.3, 0.4) is 0 Å². The molecule has 0 unspecified atom stereocenters. The topological polar surface area (TPSA) is 75.9 Å². The number of nitrogens with two attached hydrogens (primary N) is 1. The number of halogens is 3. The van der Waals surface area contributed by atoms with Crippen LogP contribution < -0.4 is 16.4 Å². The van der Waals surface area contributed by atoms with Crippen molar-refractivity contribution >= 4 is 34.6 Å². The van der Waals surface area contributed by atoms with Crippen LogP contribution in [0.15, 0.2) is 48.8 Å². The maximum absolute atomic E-state index is 13.8. The van der Waals surface area contributed by atoms with Gasteiger partial charge in [0.15, 0.2) is 11.6 Å². The summed E-state index contributed by atoms with van der Waals surface area (Å²) in [5, 5.41) is 6.34. The van der Waals surface area contributed by atoms with Crippen molar-refractivity contribution < 1.29 is 8.78 Å². The van der Waals surface area contributed by atoms with Crippen LogP contribution in [0.2, 0.25) is 5.02 Å². The van der Waals surface area contributed by atoms with Crippen molar-refractivity contribution in [2.45, 2.75) is 6.54 Å². The van der Waals surface area contributed by atoms with Gasteiger partial charge in [-0.25, -0.2) is 18.7 Å². The lowest BCUT2D eigenvalue weighted by Gasteiger charge is -2.13. The Kier molecular flexibility index (Phi) is 4.95. The van der Waals surface area contributed by atoms with E-state index in [-0.39, 0.29) is 17.2 Å². The molecule has 5 nitrogen and oxygen atoms in total. The smallest absolute Gasteiger partial charge is 0.159 e. The number of nitrogen functional groups attached to an aromatic ring is 1. The highest BCUT2D eigenvalue weighted by Crippen LogP contribution is 2.28. The monoisotopic (exact) mass is 361 g/mol. The molecule has 0 saturated carbocycles. The lowest BCUT2D eigenvalue weighted by atomic mass is 10.2. The van der Waals surface area contributed by atoms with Crippen molar-refractivity contribution in [2.75, 3.05) is 16.4 Å². The Bertz CT molecular complexity index is 904. The minimum atomic E-state index is -0.620. The summed E-state index contributed by atoms with van der Waals surface area (Å²) in [5.74, 6) is -0.672. The molecule has 128 valence electrons. The van der Waals surface area contributed by atoms with Gasteiger partial charge in [0, 0.05) is 17.6 Å². The summed E-state index contributed by atoms with van der Waals surface area (Å²) >= 11 is 6.11. The quantitative estimate of drug-likeness (QED) is 0.630. The Morgan fingerprint density at radius 3 is 2.60 bits per heavy atom. The maximum atomic E-state index is 13.8. The van der Waals surface area contributed by atoms with Crippen molar-refractivity contribution in [1.29, 1.82) is 0 Å². The number of benzene rings is 2. The van der Waals surface area contributed by atoms with Gasteiger partial charge in [0.25, 0.3) is 0 Å². The maximum Gasteiger partial charge on any atom is 0.159 e. The van der Waals surface area contributed by atoms with Gasteiger partial charge in [0.05, 0.1) is 5.69 Å². The van der Waals surface area contributed by atoms with Gasteiger partial charge in [-0.2, -0.15) is 0 Å². The van der Waals surface area contributed by atoms with E-state index in [1.165, 1.54) is 6.33 Å². The van der Waals surface area contributed by atoms with Crippen molar-refractivity contribution in [3.8, 4) is 0 Å². The first-order valence-corrected chi connectivity index (χ1v) is 7.72. The third-order valence-electron chi connectivity index (χ3n) is 3.47. The molecule has 1 aromatic heterocycles. The lowest BCUT2D eigenvalue weighted by Crippen LogP contribution is -2.08. The summed E-state index contributed by atoms with van der Waals surface area (Å²) in [4.78, 5) is 8.04. The zero-order chi connectivity index (χ0) is 17.8. The number of hydrogen-bond donors (Lipinski definition) is 3. The Morgan fingerprint density at radius 1 is 1.04 bits per heavy atom. The fourth-order valence-electron chi connectivity index (χ4n) is 2.18. The van der Waals surface area contributed by atoms with E-state index in [2.05, 4.69) is 20.6 Å². The van der Waals surface area contributed by atoms with Crippen LogP contribution in [-0.4, -0.2) is 9.97 Å². The number of aromatic nitrogens is 2. The Hall–Kier alpha value is -2.93. The molecule has 0 bridgehead atoms. The van der Waals surface area contributed by atoms with E-state index in [9.17, 15) is 8.78 Å². The van der Waals surface area contributed by atoms with Crippen molar-refractivity contribution in [1.82, 2.24) is 9.97 Å². The molecule has 8 heteroatoms. The molecule has 0 amide bonds. The normalized spacial score (nSPS) is 10.5. The van der Waals surface area contributed by atoms with Crippen molar-refractivity contribution in [3.63, 3.8) is 0 Å². The summed E-state index contributed by atoms with van der Waals surface area (Å²) in [6.45, 7) is 0.397. The van der Waals surface area contributed by atoms with Crippen LogP contribution in [0.4, 0.5) is 31.8 Å². The average Bonchev–Trinajstić information content (AvgIpc) is 2.60. The number of hydrogen-bond acceptors (Lipinski definition) is 5. The number of nitrogens with one attached hydrogen (secondary N) is 2. The van der Waals surface area contributed by atoms with Crippen LogP contribution in [0.5, 0.6) is 0 Å². The standard InChI is InChI=1S/C17H14ClF2N5/c18-12-4-2-1-3-10(12)8-22-16-15(21)17(24-9-23-16)25-14-7-11(19)5-6-13(14)20/h1-7,9H,8,21H2,(H2,22,23,24,25). The molecule has 0 fully saturated rings. The molecule has 2 aromatic carbocycles. The van der Waals surface area contributed by atoms with Gasteiger partial charge in [-0.1, -0.05) is 29.8 Å². The Labute approximate surface area is 147 Å². The van der Waals surface area contributed by atoms with E-state index in [1.807, 2.05) is 18.2 Å². The highest BCUT2D eigenvalue weighted by molar-refractivity contribution is 6.31. The van der Waals surface area contributed by atoms with Crippen molar-refractivity contribution in [2.24, 2.45) is 0 Å². The second-order valence-electron chi connectivity index (χ2n) is 5.18. The number of nitrogens with zero attached hydrogens (tertiary/aromatic N) is 2. The summed E-state index contributed by atoms with van der Waals surface area (Å²) in [5.41, 5.74) is 7.00. The van der Waals surface area contributed by atoms with Gasteiger partial charge in [-0.15, -0.1) is 0 Å². The Balaban J connectivity index is 1.80. The fourth-order valence-corrected chi connectivity index (χ4v) is 2.38.